The Balaban J connectivity index is 1.78. The molecular formula is C16H15ClN6OS2. The first-order valence-corrected chi connectivity index (χ1v) is 9.70. The third-order valence-electron chi connectivity index (χ3n) is 3.21. The molecule has 7 nitrogen and oxygen atoms in total. The number of carbonyl (C=O) groups is 1. The summed E-state index contributed by atoms with van der Waals surface area (Å²) < 4.78 is 0. The van der Waals surface area contributed by atoms with Crippen molar-refractivity contribution < 1.29 is 4.79 Å². The largest absolute Gasteiger partial charge is 0.383 e. The minimum atomic E-state index is -0.146. The minimum Gasteiger partial charge on any atom is -0.383 e. The van der Waals surface area contributed by atoms with Crippen LogP contribution in [0, 0.1) is 0 Å². The topological polar surface area (TPSA) is 111 Å². The van der Waals surface area contributed by atoms with E-state index in [9.17, 15) is 4.79 Å². The summed E-state index contributed by atoms with van der Waals surface area (Å²) in [6, 6.07) is 8.58. The van der Waals surface area contributed by atoms with Crippen molar-refractivity contribution in [2.45, 2.75) is 17.8 Å². The normalized spacial score (nSPS) is 10.7. The zero-order valence-corrected chi connectivity index (χ0v) is 16.1. The van der Waals surface area contributed by atoms with E-state index in [4.69, 9.17) is 23.1 Å². The number of aromatic nitrogens is 3. The SMILES string of the molecule is CC(=O)N(c1cccc(Cl)c1)c1nc(CSc2nc(N)cc(N)n2)cs1. The molecule has 0 aliphatic heterocycles. The van der Waals surface area contributed by atoms with Crippen LogP contribution < -0.4 is 16.4 Å². The second-order valence-electron chi connectivity index (χ2n) is 5.24. The second kappa shape index (κ2) is 7.90. The fourth-order valence-electron chi connectivity index (χ4n) is 2.17. The Morgan fingerprint density at radius 3 is 2.62 bits per heavy atom. The van der Waals surface area contributed by atoms with Gasteiger partial charge in [0.25, 0.3) is 0 Å². The molecule has 1 amide bonds. The van der Waals surface area contributed by atoms with Crippen molar-refractivity contribution in [1.82, 2.24) is 15.0 Å². The zero-order chi connectivity index (χ0) is 18.7. The summed E-state index contributed by atoms with van der Waals surface area (Å²) in [6.07, 6.45) is 0. The molecule has 0 aliphatic rings. The molecule has 0 fully saturated rings. The average molecular weight is 407 g/mol. The van der Waals surface area contributed by atoms with Gasteiger partial charge in [-0.1, -0.05) is 29.4 Å². The van der Waals surface area contributed by atoms with Gasteiger partial charge in [-0.3, -0.25) is 9.69 Å². The van der Waals surface area contributed by atoms with Crippen LogP contribution in [0.4, 0.5) is 22.5 Å². The van der Waals surface area contributed by atoms with Crippen LogP contribution in [0.15, 0.2) is 40.9 Å². The fraction of sp³-hybridized carbons (Fsp3) is 0.125. The summed E-state index contributed by atoms with van der Waals surface area (Å²) in [5, 5.41) is 3.49. The zero-order valence-electron chi connectivity index (χ0n) is 13.7. The maximum atomic E-state index is 12.1. The third kappa shape index (κ3) is 4.43. The maximum absolute atomic E-state index is 12.1. The summed E-state index contributed by atoms with van der Waals surface area (Å²) >= 11 is 8.78. The predicted octanol–water partition coefficient (Wildman–Crippen LogP) is 3.73. The van der Waals surface area contributed by atoms with Crippen molar-refractivity contribution in [2.24, 2.45) is 0 Å². The van der Waals surface area contributed by atoms with Crippen molar-refractivity contribution in [3.8, 4) is 0 Å². The fourth-order valence-corrected chi connectivity index (χ4v) is 4.11. The number of carbonyl (C=O) groups excluding carboxylic acids is 1. The number of amides is 1. The quantitative estimate of drug-likeness (QED) is 0.490. The van der Waals surface area contributed by atoms with Crippen LogP contribution in [-0.4, -0.2) is 20.9 Å². The molecule has 10 heteroatoms. The van der Waals surface area contributed by atoms with Crippen molar-refractivity contribution in [1.29, 1.82) is 0 Å². The van der Waals surface area contributed by atoms with E-state index in [2.05, 4.69) is 15.0 Å². The molecule has 1 aromatic carbocycles. The Kier molecular flexibility index (Phi) is 5.60. The standard InChI is InChI=1S/C16H15ClN6OS2/c1-9(24)23(12-4-2-3-10(17)5-12)16-20-11(8-26-16)7-25-15-21-13(18)6-14(19)22-15/h2-6,8H,7H2,1H3,(H4,18,19,21,22). The lowest BCUT2D eigenvalue weighted by Gasteiger charge is -2.18. The molecule has 0 aliphatic carbocycles. The van der Waals surface area contributed by atoms with Crippen LogP contribution in [0.25, 0.3) is 0 Å². The van der Waals surface area contributed by atoms with Gasteiger partial charge in [0.2, 0.25) is 5.91 Å². The van der Waals surface area contributed by atoms with E-state index in [0.29, 0.717) is 38.4 Å². The number of thioether (sulfide) groups is 1. The van der Waals surface area contributed by atoms with E-state index < -0.39 is 0 Å². The monoisotopic (exact) mass is 406 g/mol. The van der Waals surface area contributed by atoms with E-state index in [1.165, 1.54) is 41.0 Å². The van der Waals surface area contributed by atoms with E-state index in [1.54, 1.807) is 18.2 Å². The summed E-state index contributed by atoms with van der Waals surface area (Å²) in [5.41, 5.74) is 12.8. The molecule has 4 N–H and O–H groups in total. The Labute approximate surface area is 163 Å². The van der Waals surface area contributed by atoms with Crippen molar-refractivity contribution >= 4 is 63.1 Å². The number of nitrogens with two attached hydrogens (primary N) is 2. The minimum absolute atomic E-state index is 0.146. The van der Waals surface area contributed by atoms with Crippen molar-refractivity contribution in [2.75, 3.05) is 16.4 Å². The first kappa shape index (κ1) is 18.4. The Hall–Kier alpha value is -2.36. The molecule has 26 heavy (non-hydrogen) atoms. The molecule has 2 aromatic heterocycles. The van der Waals surface area contributed by atoms with Gasteiger partial charge in [0.15, 0.2) is 10.3 Å². The molecule has 0 saturated heterocycles. The number of nitrogen functional groups attached to an aromatic ring is 2. The van der Waals surface area contributed by atoms with Crippen LogP contribution in [0.5, 0.6) is 0 Å². The number of anilines is 4. The highest BCUT2D eigenvalue weighted by molar-refractivity contribution is 7.98. The summed E-state index contributed by atoms with van der Waals surface area (Å²) in [6.45, 7) is 1.49. The molecule has 0 bridgehead atoms. The molecule has 0 radical (unpaired) electrons. The number of nitrogens with zero attached hydrogens (tertiary/aromatic N) is 4. The third-order valence-corrected chi connectivity index (χ3v) is 5.20. The van der Waals surface area contributed by atoms with Gasteiger partial charge in [0.1, 0.15) is 11.6 Å². The van der Waals surface area contributed by atoms with Crippen LogP contribution >= 0.6 is 34.7 Å². The van der Waals surface area contributed by atoms with Gasteiger partial charge in [0.05, 0.1) is 11.4 Å². The van der Waals surface area contributed by atoms with Crippen molar-refractivity contribution in [3.63, 3.8) is 0 Å². The van der Waals surface area contributed by atoms with Gasteiger partial charge in [-0.15, -0.1) is 11.3 Å². The van der Waals surface area contributed by atoms with Gasteiger partial charge in [-0.2, -0.15) is 0 Å². The Bertz CT molecular complexity index is 928. The van der Waals surface area contributed by atoms with Gasteiger partial charge < -0.3 is 11.5 Å². The number of thiazole rings is 1. The highest BCUT2D eigenvalue weighted by atomic mass is 35.5. The molecule has 0 spiro atoms. The molecular weight excluding hydrogens is 392 g/mol. The van der Waals surface area contributed by atoms with Crippen molar-refractivity contribution in [3.05, 3.63) is 46.4 Å². The van der Waals surface area contributed by atoms with Crippen LogP contribution in [0.3, 0.4) is 0 Å². The molecule has 0 unspecified atom stereocenters. The molecule has 134 valence electrons. The summed E-state index contributed by atoms with van der Waals surface area (Å²) in [5.74, 6) is 1.03. The number of rotatable bonds is 5. The number of hydrogen-bond donors (Lipinski definition) is 2. The molecule has 0 saturated carbocycles. The lowest BCUT2D eigenvalue weighted by molar-refractivity contribution is -0.115. The Morgan fingerprint density at radius 1 is 1.23 bits per heavy atom. The molecule has 0 atom stereocenters. The summed E-state index contributed by atoms with van der Waals surface area (Å²) in [4.78, 5) is 26.4. The first-order chi connectivity index (χ1) is 12.4. The Morgan fingerprint density at radius 2 is 1.96 bits per heavy atom. The highest BCUT2D eigenvalue weighted by Gasteiger charge is 2.18. The maximum Gasteiger partial charge on any atom is 0.230 e. The summed E-state index contributed by atoms with van der Waals surface area (Å²) in [7, 11) is 0. The van der Waals surface area contributed by atoms with Gasteiger partial charge in [-0.05, 0) is 18.2 Å². The first-order valence-electron chi connectivity index (χ1n) is 7.46. The lowest BCUT2D eigenvalue weighted by Crippen LogP contribution is -2.22. The van der Waals surface area contributed by atoms with E-state index in [1.807, 2.05) is 11.4 Å². The van der Waals surface area contributed by atoms with E-state index in [-0.39, 0.29) is 5.91 Å². The lowest BCUT2D eigenvalue weighted by atomic mass is 10.3. The van der Waals surface area contributed by atoms with Gasteiger partial charge in [-0.25, -0.2) is 15.0 Å². The van der Waals surface area contributed by atoms with Gasteiger partial charge in [0, 0.05) is 29.1 Å². The van der Waals surface area contributed by atoms with Crippen LogP contribution in [0.2, 0.25) is 5.02 Å². The van der Waals surface area contributed by atoms with Crippen LogP contribution in [0.1, 0.15) is 12.6 Å². The van der Waals surface area contributed by atoms with Crippen LogP contribution in [-0.2, 0) is 10.5 Å². The number of hydrogen-bond acceptors (Lipinski definition) is 8. The molecule has 3 aromatic rings. The van der Waals surface area contributed by atoms with E-state index >= 15 is 0 Å². The predicted molar refractivity (Wildman–Crippen MR) is 107 cm³/mol. The van der Waals surface area contributed by atoms with E-state index in [0.717, 1.165) is 5.69 Å². The van der Waals surface area contributed by atoms with Gasteiger partial charge >= 0.3 is 0 Å². The second-order valence-corrected chi connectivity index (χ2v) is 7.46. The number of halogens is 1. The highest BCUT2D eigenvalue weighted by Crippen LogP contribution is 2.32. The average Bonchev–Trinajstić information content (AvgIpc) is 3.00. The molecule has 3 rings (SSSR count). The smallest absolute Gasteiger partial charge is 0.230 e. The number of benzene rings is 1. The molecule has 2 heterocycles.